The quantitative estimate of drug-likeness (QED) is 0.700. The van der Waals surface area contributed by atoms with Gasteiger partial charge in [-0.1, -0.05) is 12.1 Å². The lowest BCUT2D eigenvalue weighted by atomic mass is 10.1. The molecule has 0 aliphatic carbocycles. The molecule has 2 atom stereocenters. The molecular formula is C12H16N2O3. The zero-order valence-electron chi connectivity index (χ0n) is 9.63. The first-order valence-electron chi connectivity index (χ1n) is 5.59. The number of nitrogens with zero attached hydrogens (tertiary/aromatic N) is 1. The summed E-state index contributed by atoms with van der Waals surface area (Å²) in [5, 5.41) is 21.4. The van der Waals surface area contributed by atoms with Gasteiger partial charge in [0.15, 0.2) is 0 Å². The van der Waals surface area contributed by atoms with Crippen LogP contribution >= 0.6 is 0 Å². The molecule has 0 saturated carbocycles. The van der Waals surface area contributed by atoms with Crippen molar-refractivity contribution in [2.24, 2.45) is 0 Å². The van der Waals surface area contributed by atoms with Gasteiger partial charge >= 0.3 is 0 Å². The Bertz CT molecular complexity index is 422. The number of hydrogen-bond acceptors (Lipinski definition) is 4. The van der Waals surface area contributed by atoms with Gasteiger partial charge in [0.05, 0.1) is 30.6 Å². The molecule has 0 spiro atoms. The zero-order chi connectivity index (χ0) is 12.4. The fourth-order valence-electron chi connectivity index (χ4n) is 1.94. The van der Waals surface area contributed by atoms with E-state index in [0.717, 1.165) is 11.4 Å². The van der Waals surface area contributed by atoms with Crippen LogP contribution in [0.1, 0.15) is 6.92 Å². The molecule has 1 aromatic carbocycles. The number of para-hydroxylation sites is 2. The molecule has 5 heteroatoms. The molecule has 0 fully saturated rings. The van der Waals surface area contributed by atoms with Crippen molar-refractivity contribution in [3.63, 3.8) is 0 Å². The van der Waals surface area contributed by atoms with Crippen LogP contribution in [0, 0.1) is 0 Å². The van der Waals surface area contributed by atoms with Gasteiger partial charge in [0.2, 0.25) is 5.91 Å². The number of rotatable bonds is 3. The molecule has 5 nitrogen and oxygen atoms in total. The van der Waals surface area contributed by atoms with Crippen LogP contribution in [0.2, 0.25) is 0 Å². The number of aliphatic hydroxyl groups is 2. The van der Waals surface area contributed by atoms with Gasteiger partial charge in [-0.2, -0.15) is 0 Å². The van der Waals surface area contributed by atoms with Gasteiger partial charge in [0.1, 0.15) is 6.04 Å². The number of hydrogen-bond donors (Lipinski definition) is 3. The van der Waals surface area contributed by atoms with E-state index in [-0.39, 0.29) is 25.1 Å². The van der Waals surface area contributed by atoms with E-state index in [0.29, 0.717) is 0 Å². The van der Waals surface area contributed by atoms with E-state index in [2.05, 4.69) is 5.32 Å². The van der Waals surface area contributed by atoms with Crippen molar-refractivity contribution < 1.29 is 15.0 Å². The van der Waals surface area contributed by atoms with Crippen LogP contribution in [-0.2, 0) is 4.79 Å². The summed E-state index contributed by atoms with van der Waals surface area (Å²) in [7, 11) is 0. The number of β-amino-alcohol motifs (C(OH)–C–C–N with tert-alkyl or cyclic N) is 1. The van der Waals surface area contributed by atoms with E-state index < -0.39 is 6.10 Å². The summed E-state index contributed by atoms with van der Waals surface area (Å²) in [5.74, 6) is -0.101. The second kappa shape index (κ2) is 4.73. The lowest BCUT2D eigenvalue weighted by molar-refractivity contribution is -0.119. The van der Waals surface area contributed by atoms with Gasteiger partial charge in [0, 0.05) is 0 Å². The molecule has 0 radical (unpaired) electrons. The number of carbonyl (C=O) groups is 1. The predicted molar refractivity (Wildman–Crippen MR) is 65.0 cm³/mol. The van der Waals surface area contributed by atoms with Crippen molar-refractivity contribution in [3.05, 3.63) is 24.3 Å². The molecule has 1 aromatic rings. The Hall–Kier alpha value is -1.59. The summed E-state index contributed by atoms with van der Waals surface area (Å²) >= 11 is 0. The number of aliphatic hydroxyl groups excluding tert-OH is 2. The maximum absolute atomic E-state index is 12.0. The first-order chi connectivity index (χ1) is 8.13. The molecule has 3 N–H and O–H groups in total. The van der Waals surface area contributed by atoms with Crippen molar-refractivity contribution in [2.45, 2.75) is 19.1 Å². The number of fused-ring (bicyclic) bond motifs is 1. The average molecular weight is 236 g/mol. The summed E-state index contributed by atoms with van der Waals surface area (Å²) in [6.45, 7) is 1.53. The topological polar surface area (TPSA) is 72.8 Å². The highest BCUT2D eigenvalue weighted by molar-refractivity contribution is 6.04. The van der Waals surface area contributed by atoms with Gasteiger partial charge in [-0.15, -0.1) is 0 Å². The summed E-state index contributed by atoms with van der Waals surface area (Å²) in [6.07, 6.45) is -0.919. The molecule has 1 heterocycles. The van der Waals surface area contributed by atoms with Crippen molar-refractivity contribution in [1.29, 1.82) is 0 Å². The van der Waals surface area contributed by atoms with Crippen molar-refractivity contribution in [3.8, 4) is 0 Å². The Morgan fingerprint density at radius 1 is 1.47 bits per heavy atom. The number of anilines is 2. The van der Waals surface area contributed by atoms with Crippen LogP contribution in [0.4, 0.5) is 11.4 Å². The average Bonchev–Trinajstić information content (AvgIpc) is 2.34. The van der Waals surface area contributed by atoms with Gasteiger partial charge < -0.3 is 20.4 Å². The standard InChI is InChI=1S/C12H16N2O3/c1-8-12(17)14(6-9(16)7-15)11-5-3-2-4-10(11)13-8/h2-5,8-9,13,15-16H,6-7H2,1H3. The third-order valence-corrected chi connectivity index (χ3v) is 2.81. The highest BCUT2D eigenvalue weighted by Gasteiger charge is 2.30. The lowest BCUT2D eigenvalue weighted by Crippen LogP contribution is -2.49. The normalized spacial score (nSPS) is 20.8. The zero-order valence-corrected chi connectivity index (χ0v) is 9.63. The van der Waals surface area contributed by atoms with Gasteiger partial charge in [-0.3, -0.25) is 4.79 Å². The Morgan fingerprint density at radius 3 is 2.88 bits per heavy atom. The monoisotopic (exact) mass is 236 g/mol. The van der Waals surface area contributed by atoms with Gasteiger partial charge in [-0.25, -0.2) is 0 Å². The summed E-state index contributed by atoms with van der Waals surface area (Å²) < 4.78 is 0. The molecule has 1 aliphatic rings. The third kappa shape index (κ3) is 2.25. The van der Waals surface area contributed by atoms with E-state index in [1.165, 1.54) is 4.90 Å². The Morgan fingerprint density at radius 2 is 2.18 bits per heavy atom. The third-order valence-electron chi connectivity index (χ3n) is 2.81. The molecule has 1 amide bonds. The first kappa shape index (κ1) is 11.9. The van der Waals surface area contributed by atoms with Crippen LogP contribution in [0.25, 0.3) is 0 Å². The minimum atomic E-state index is -0.919. The minimum absolute atomic E-state index is 0.101. The van der Waals surface area contributed by atoms with E-state index >= 15 is 0 Å². The SMILES string of the molecule is CC1Nc2ccccc2N(CC(O)CO)C1=O. The van der Waals surface area contributed by atoms with Gasteiger partial charge in [0.25, 0.3) is 0 Å². The van der Waals surface area contributed by atoms with E-state index in [1.807, 2.05) is 24.3 Å². The predicted octanol–water partition coefficient (Wildman–Crippen LogP) is 0.187. The second-order valence-corrected chi connectivity index (χ2v) is 4.17. The van der Waals surface area contributed by atoms with Crippen LogP contribution < -0.4 is 10.2 Å². The number of nitrogens with one attached hydrogen (secondary N) is 1. The van der Waals surface area contributed by atoms with Crippen LogP contribution in [0.5, 0.6) is 0 Å². The van der Waals surface area contributed by atoms with Crippen LogP contribution in [0.3, 0.4) is 0 Å². The number of carbonyl (C=O) groups excluding carboxylic acids is 1. The van der Waals surface area contributed by atoms with Crippen molar-refractivity contribution in [2.75, 3.05) is 23.4 Å². The molecule has 92 valence electrons. The van der Waals surface area contributed by atoms with Crippen LogP contribution in [-0.4, -0.2) is 41.4 Å². The Kier molecular flexibility index (Phi) is 3.31. The fraction of sp³-hybridized carbons (Fsp3) is 0.417. The summed E-state index contributed by atoms with van der Waals surface area (Å²) in [4.78, 5) is 13.5. The molecule has 0 saturated heterocycles. The maximum atomic E-state index is 12.0. The fourth-order valence-corrected chi connectivity index (χ4v) is 1.94. The highest BCUT2D eigenvalue weighted by Crippen LogP contribution is 2.30. The first-order valence-corrected chi connectivity index (χ1v) is 5.59. The maximum Gasteiger partial charge on any atom is 0.249 e. The van der Waals surface area contributed by atoms with Gasteiger partial charge in [-0.05, 0) is 19.1 Å². The largest absolute Gasteiger partial charge is 0.394 e. The van der Waals surface area contributed by atoms with E-state index in [1.54, 1.807) is 6.92 Å². The summed E-state index contributed by atoms with van der Waals surface area (Å²) in [5.41, 5.74) is 1.60. The minimum Gasteiger partial charge on any atom is -0.394 e. The molecule has 17 heavy (non-hydrogen) atoms. The number of benzene rings is 1. The smallest absolute Gasteiger partial charge is 0.249 e. The molecule has 1 aliphatic heterocycles. The van der Waals surface area contributed by atoms with Crippen LogP contribution in [0.15, 0.2) is 24.3 Å². The Labute approximate surface area is 99.7 Å². The summed E-state index contributed by atoms with van der Waals surface area (Å²) in [6, 6.07) is 7.10. The van der Waals surface area contributed by atoms with Crippen molar-refractivity contribution in [1.82, 2.24) is 0 Å². The Balaban J connectivity index is 2.32. The lowest BCUT2D eigenvalue weighted by Gasteiger charge is -2.34. The second-order valence-electron chi connectivity index (χ2n) is 4.17. The molecule has 2 unspecified atom stereocenters. The number of amides is 1. The van der Waals surface area contributed by atoms with E-state index in [4.69, 9.17) is 5.11 Å². The highest BCUT2D eigenvalue weighted by atomic mass is 16.3. The molecule has 0 bridgehead atoms. The molecule has 2 rings (SSSR count). The van der Waals surface area contributed by atoms with E-state index in [9.17, 15) is 9.90 Å². The molecule has 0 aromatic heterocycles. The molecular weight excluding hydrogens is 220 g/mol. The van der Waals surface area contributed by atoms with Crippen molar-refractivity contribution >= 4 is 17.3 Å².